The summed E-state index contributed by atoms with van der Waals surface area (Å²) in [4.78, 5) is 39.3. The molecule has 1 aromatic carbocycles. The van der Waals surface area contributed by atoms with Crippen LogP contribution in [0.4, 0.5) is 0 Å². The first-order chi connectivity index (χ1) is 14.5. The second kappa shape index (κ2) is 9.47. The predicted octanol–water partition coefficient (Wildman–Crippen LogP) is 1.68. The molecule has 0 atom stereocenters. The normalized spacial score (nSPS) is 14.3. The first-order valence-electron chi connectivity index (χ1n) is 9.90. The van der Waals surface area contributed by atoms with Crippen molar-refractivity contribution in [2.24, 2.45) is 13.0 Å². The number of benzene rings is 1. The van der Waals surface area contributed by atoms with E-state index >= 15 is 0 Å². The van der Waals surface area contributed by atoms with Gasteiger partial charge in [-0.2, -0.15) is 0 Å². The molecule has 1 saturated heterocycles. The summed E-state index contributed by atoms with van der Waals surface area (Å²) < 4.78 is 12.0. The minimum absolute atomic E-state index is 0.190. The molecule has 0 saturated carbocycles. The van der Waals surface area contributed by atoms with E-state index in [0.717, 1.165) is 12.8 Å². The van der Waals surface area contributed by atoms with Crippen molar-refractivity contribution in [1.29, 1.82) is 0 Å². The summed E-state index contributed by atoms with van der Waals surface area (Å²) in [5, 5.41) is 2.95. The molecule has 8 heteroatoms. The van der Waals surface area contributed by atoms with Crippen LogP contribution in [0.2, 0.25) is 0 Å². The van der Waals surface area contributed by atoms with Crippen LogP contribution in [0.3, 0.4) is 0 Å². The van der Waals surface area contributed by atoms with Crippen LogP contribution in [0, 0.1) is 5.92 Å². The third-order valence-electron chi connectivity index (χ3n) is 5.46. The van der Waals surface area contributed by atoms with E-state index in [1.54, 1.807) is 48.5 Å². The largest absolute Gasteiger partial charge is 0.496 e. The maximum atomic E-state index is 12.7. The van der Waals surface area contributed by atoms with Crippen molar-refractivity contribution in [3.05, 3.63) is 58.0 Å². The molecule has 1 aromatic heterocycles. The second-order valence-corrected chi connectivity index (χ2v) is 7.32. The second-order valence-electron chi connectivity index (χ2n) is 7.32. The lowest BCUT2D eigenvalue weighted by Crippen LogP contribution is -2.43. The summed E-state index contributed by atoms with van der Waals surface area (Å²) in [5.41, 5.74) is 0.271. The first-order valence-corrected chi connectivity index (χ1v) is 9.90. The van der Waals surface area contributed by atoms with Gasteiger partial charge in [-0.15, -0.1) is 0 Å². The highest BCUT2D eigenvalue weighted by Crippen LogP contribution is 2.28. The SMILES string of the molecule is COc1cccc(OC)c1C(=O)NCC1CCN(C(=O)c2cccn(C)c2=O)CC1. The summed E-state index contributed by atoms with van der Waals surface area (Å²) in [6.07, 6.45) is 3.13. The number of nitrogens with zero attached hydrogens (tertiary/aromatic N) is 2. The van der Waals surface area contributed by atoms with Crippen LogP contribution in [-0.2, 0) is 7.05 Å². The smallest absolute Gasteiger partial charge is 0.263 e. The number of pyridine rings is 1. The zero-order chi connectivity index (χ0) is 21.7. The van der Waals surface area contributed by atoms with Gasteiger partial charge in [0.1, 0.15) is 22.6 Å². The number of ether oxygens (including phenoxy) is 2. The molecular formula is C22H27N3O5. The fraction of sp³-hybridized carbons (Fsp3) is 0.409. The molecular weight excluding hydrogens is 386 g/mol. The van der Waals surface area contributed by atoms with Gasteiger partial charge in [0.15, 0.2) is 0 Å². The molecule has 8 nitrogen and oxygen atoms in total. The number of piperidine rings is 1. The summed E-state index contributed by atoms with van der Waals surface area (Å²) in [6, 6.07) is 8.46. The van der Waals surface area contributed by atoms with Crippen molar-refractivity contribution in [3.63, 3.8) is 0 Å². The molecule has 0 unspecified atom stereocenters. The van der Waals surface area contributed by atoms with Gasteiger partial charge in [0.2, 0.25) is 0 Å². The van der Waals surface area contributed by atoms with E-state index in [4.69, 9.17) is 9.47 Å². The number of methoxy groups -OCH3 is 2. The van der Waals surface area contributed by atoms with Gasteiger partial charge in [-0.05, 0) is 43.0 Å². The molecule has 0 aliphatic carbocycles. The van der Waals surface area contributed by atoms with Crippen LogP contribution in [0.15, 0.2) is 41.3 Å². The Kier molecular flexibility index (Phi) is 6.76. The number of carbonyl (C=O) groups excluding carboxylic acids is 2. The lowest BCUT2D eigenvalue weighted by molar-refractivity contribution is 0.0681. The molecule has 1 aliphatic heterocycles. The Morgan fingerprint density at radius 2 is 1.70 bits per heavy atom. The number of nitrogens with one attached hydrogen (secondary N) is 1. The summed E-state index contributed by atoms with van der Waals surface area (Å²) in [6.45, 7) is 1.60. The number of hydrogen-bond acceptors (Lipinski definition) is 5. The van der Waals surface area contributed by atoms with Gasteiger partial charge in [-0.25, -0.2) is 0 Å². The molecule has 160 valence electrons. The molecule has 2 heterocycles. The molecule has 0 bridgehead atoms. The quantitative estimate of drug-likeness (QED) is 0.778. The van der Waals surface area contributed by atoms with Gasteiger partial charge < -0.3 is 24.3 Å². The van der Waals surface area contributed by atoms with Crippen molar-refractivity contribution in [2.45, 2.75) is 12.8 Å². The average Bonchev–Trinajstić information content (AvgIpc) is 2.78. The van der Waals surface area contributed by atoms with E-state index in [9.17, 15) is 14.4 Å². The standard InChI is InChI=1S/C22H27N3O5/c1-24-11-5-6-16(21(24)27)22(28)25-12-9-15(10-13-25)14-23-20(26)19-17(29-2)7-4-8-18(19)30-3/h4-8,11,15H,9-10,12-14H2,1-3H3,(H,23,26). The Bertz CT molecular complexity index is 955. The van der Waals surface area contributed by atoms with Crippen molar-refractivity contribution >= 4 is 11.8 Å². The van der Waals surface area contributed by atoms with Crippen LogP contribution < -0.4 is 20.3 Å². The van der Waals surface area contributed by atoms with Gasteiger partial charge in [0.25, 0.3) is 17.4 Å². The third kappa shape index (κ3) is 4.48. The molecule has 1 N–H and O–H groups in total. The summed E-state index contributed by atoms with van der Waals surface area (Å²) in [7, 11) is 4.65. The number of likely N-dealkylation sites (tertiary alicyclic amines) is 1. The zero-order valence-corrected chi connectivity index (χ0v) is 17.5. The van der Waals surface area contributed by atoms with Crippen LogP contribution in [0.1, 0.15) is 33.6 Å². The Balaban J connectivity index is 1.57. The van der Waals surface area contributed by atoms with Gasteiger partial charge in [0, 0.05) is 32.9 Å². The maximum absolute atomic E-state index is 12.7. The topological polar surface area (TPSA) is 89.9 Å². The molecule has 0 radical (unpaired) electrons. The van der Waals surface area contributed by atoms with Crippen LogP contribution >= 0.6 is 0 Å². The number of amides is 2. The lowest BCUT2D eigenvalue weighted by atomic mass is 9.96. The average molecular weight is 413 g/mol. The van der Waals surface area contributed by atoms with Crippen molar-refractivity contribution in [2.75, 3.05) is 33.9 Å². The van der Waals surface area contributed by atoms with E-state index in [1.165, 1.54) is 18.8 Å². The lowest BCUT2D eigenvalue weighted by Gasteiger charge is -2.32. The number of aryl methyl sites for hydroxylation is 1. The van der Waals surface area contributed by atoms with Gasteiger partial charge >= 0.3 is 0 Å². The third-order valence-corrected chi connectivity index (χ3v) is 5.46. The maximum Gasteiger partial charge on any atom is 0.263 e. The highest BCUT2D eigenvalue weighted by atomic mass is 16.5. The van der Waals surface area contributed by atoms with Gasteiger partial charge in [-0.1, -0.05) is 6.07 Å². The van der Waals surface area contributed by atoms with Crippen LogP contribution in [-0.4, -0.2) is 55.1 Å². The van der Waals surface area contributed by atoms with E-state index in [1.807, 2.05) is 0 Å². The Labute approximate surface area is 175 Å². The van der Waals surface area contributed by atoms with E-state index in [2.05, 4.69) is 5.32 Å². The summed E-state index contributed by atoms with van der Waals surface area (Å²) >= 11 is 0. The monoisotopic (exact) mass is 413 g/mol. The highest BCUT2D eigenvalue weighted by Gasteiger charge is 2.26. The minimum Gasteiger partial charge on any atom is -0.496 e. The Hall–Kier alpha value is -3.29. The number of rotatable bonds is 6. The van der Waals surface area contributed by atoms with E-state index in [0.29, 0.717) is 36.7 Å². The first kappa shape index (κ1) is 21.4. The zero-order valence-electron chi connectivity index (χ0n) is 17.5. The van der Waals surface area contributed by atoms with Gasteiger partial charge in [0.05, 0.1) is 14.2 Å². The number of aromatic nitrogens is 1. The minimum atomic E-state index is -0.289. The van der Waals surface area contributed by atoms with E-state index < -0.39 is 0 Å². The van der Waals surface area contributed by atoms with Gasteiger partial charge in [-0.3, -0.25) is 14.4 Å². The fourth-order valence-electron chi connectivity index (χ4n) is 3.67. The molecule has 3 rings (SSSR count). The molecule has 0 spiro atoms. The molecule has 30 heavy (non-hydrogen) atoms. The number of hydrogen-bond donors (Lipinski definition) is 1. The molecule has 1 fully saturated rings. The van der Waals surface area contributed by atoms with E-state index in [-0.39, 0.29) is 28.9 Å². The highest BCUT2D eigenvalue weighted by molar-refractivity contribution is 5.99. The van der Waals surface area contributed by atoms with Crippen molar-refractivity contribution in [1.82, 2.24) is 14.8 Å². The number of carbonyl (C=O) groups is 2. The fourth-order valence-corrected chi connectivity index (χ4v) is 3.67. The predicted molar refractivity (Wildman–Crippen MR) is 112 cm³/mol. The summed E-state index contributed by atoms with van der Waals surface area (Å²) in [5.74, 6) is 0.666. The Morgan fingerprint density at radius 1 is 1.07 bits per heavy atom. The van der Waals surface area contributed by atoms with Crippen LogP contribution in [0.5, 0.6) is 11.5 Å². The Morgan fingerprint density at radius 3 is 2.30 bits per heavy atom. The van der Waals surface area contributed by atoms with Crippen LogP contribution in [0.25, 0.3) is 0 Å². The molecule has 2 aromatic rings. The molecule has 1 aliphatic rings. The van der Waals surface area contributed by atoms with Crippen molar-refractivity contribution < 1.29 is 19.1 Å². The molecule has 2 amide bonds. The van der Waals surface area contributed by atoms with Crippen molar-refractivity contribution in [3.8, 4) is 11.5 Å².